The van der Waals surface area contributed by atoms with Crippen LogP contribution in [0.4, 0.5) is 0 Å². The van der Waals surface area contributed by atoms with Crippen LogP contribution in [0.25, 0.3) is 0 Å². The van der Waals surface area contributed by atoms with E-state index in [-0.39, 0.29) is 11.7 Å². The number of hydrogen-bond donors (Lipinski definition) is 2. The Balaban J connectivity index is 2.46. The van der Waals surface area contributed by atoms with E-state index in [2.05, 4.69) is 0 Å². The van der Waals surface area contributed by atoms with Gasteiger partial charge in [-0.15, -0.1) is 0 Å². The van der Waals surface area contributed by atoms with Crippen LogP contribution in [0.1, 0.15) is 18.4 Å². The summed E-state index contributed by atoms with van der Waals surface area (Å²) < 4.78 is 5.33. The smallest absolute Gasteiger partial charge is 0.126 e. The number of benzene rings is 1. The van der Waals surface area contributed by atoms with E-state index in [9.17, 15) is 10.2 Å². The molecule has 2 N–H and O–H groups in total. The Bertz CT molecular complexity index is 320. The van der Waals surface area contributed by atoms with Gasteiger partial charge in [-0.25, -0.2) is 0 Å². The molecule has 3 nitrogen and oxygen atoms in total. The van der Waals surface area contributed by atoms with Crippen molar-refractivity contribution in [3.05, 3.63) is 23.8 Å². The minimum absolute atomic E-state index is 0.101. The lowest BCUT2D eigenvalue weighted by molar-refractivity contribution is 0.145. The van der Waals surface area contributed by atoms with Gasteiger partial charge < -0.3 is 14.9 Å². The molecule has 13 heavy (non-hydrogen) atoms. The SMILES string of the molecule is CC(O)C1COc2cccc(O)c21. The van der Waals surface area contributed by atoms with E-state index in [1.165, 1.54) is 0 Å². The van der Waals surface area contributed by atoms with E-state index < -0.39 is 6.10 Å². The molecule has 0 aromatic heterocycles. The molecule has 1 aliphatic heterocycles. The standard InChI is InChI=1S/C10H12O3/c1-6(11)7-5-13-9-4-2-3-8(12)10(7)9/h2-4,6-7,11-12H,5H2,1H3. The Kier molecular flexibility index (Phi) is 1.88. The van der Waals surface area contributed by atoms with Crippen molar-refractivity contribution < 1.29 is 14.9 Å². The minimum atomic E-state index is -0.491. The maximum atomic E-state index is 9.56. The number of phenolic OH excluding ortho intramolecular Hbond substituents is 1. The predicted molar refractivity (Wildman–Crippen MR) is 48.0 cm³/mol. The largest absolute Gasteiger partial charge is 0.508 e. The molecule has 1 aliphatic rings. The zero-order valence-electron chi connectivity index (χ0n) is 7.40. The summed E-state index contributed by atoms with van der Waals surface area (Å²) in [6, 6.07) is 5.15. The number of aliphatic hydroxyl groups excluding tert-OH is 1. The molecule has 0 amide bonds. The van der Waals surface area contributed by atoms with Gasteiger partial charge in [0.1, 0.15) is 11.5 Å². The number of hydrogen-bond acceptors (Lipinski definition) is 3. The van der Waals surface area contributed by atoms with Gasteiger partial charge in [-0.2, -0.15) is 0 Å². The Labute approximate surface area is 76.6 Å². The van der Waals surface area contributed by atoms with Crippen LogP contribution in [-0.2, 0) is 0 Å². The van der Waals surface area contributed by atoms with Crippen molar-refractivity contribution in [3.8, 4) is 11.5 Å². The van der Waals surface area contributed by atoms with E-state index in [4.69, 9.17) is 4.74 Å². The van der Waals surface area contributed by atoms with Gasteiger partial charge >= 0.3 is 0 Å². The molecule has 0 bridgehead atoms. The lowest BCUT2D eigenvalue weighted by Crippen LogP contribution is -2.15. The van der Waals surface area contributed by atoms with Crippen molar-refractivity contribution in [3.63, 3.8) is 0 Å². The molecule has 1 heterocycles. The first-order valence-electron chi connectivity index (χ1n) is 4.33. The normalized spacial score (nSPS) is 22.2. The van der Waals surface area contributed by atoms with Crippen LogP contribution in [0, 0.1) is 0 Å². The van der Waals surface area contributed by atoms with E-state index in [0.717, 1.165) is 5.56 Å². The van der Waals surface area contributed by atoms with Crippen molar-refractivity contribution >= 4 is 0 Å². The van der Waals surface area contributed by atoms with Gasteiger partial charge in [-0.3, -0.25) is 0 Å². The molecule has 0 saturated carbocycles. The summed E-state index contributed by atoms with van der Waals surface area (Å²) in [7, 11) is 0. The predicted octanol–water partition coefficient (Wildman–Crippen LogP) is 1.25. The van der Waals surface area contributed by atoms with Crippen molar-refractivity contribution in [1.29, 1.82) is 0 Å². The van der Waals surface area contributed by atoms with Crippen LogP contribution in [0.3, 0.4) is 0 Å². The van der Waals surface area contributed by atoms with E-state index in [1.807, 2.05) is 0 Å². The Morgan fingerprint density at radius 3 is 3.00 bits per heavy atom. The van der Waals surface area contributed by atoms with Gasteiger partial charge in [0.2, 0.25) is 0 Å². The highest BCUT2D eigenvalue weighted by molar-refractivity contribution is 5.49. The number of rotatable bonds is 1. The Morgan fingerprint density at radius 1 is 1.54 bits per heavy atom. The average Bonchev–Trinajstić information content (AvgIpc) is 2.49. The fraction of sp³-hybridized carbons (Fsp3) is 0.400. The van der Waals surface area contributed by atoms with Crippen LogP contribution >= 0.6 is 0 Å². The molecule has 1 aromatic carbocycles. The highest BCUT2D eigenvalue weighted by atomic mass is 16.5. The first-order chi connectivity index (χ1) is 6.20. The second kappa shape index (κ2) is 2.92. The lowest BCUT2D eigenvalue weighted by Gasteiger charge is -2.12. The van der Waals surface area contributed by atoms with Gasteiger partial charge in [-0.1, -0.05) is 6.07 Å². The average molecular weight is 180 g/mol. The first-order valence-corrected chi connectivity index (χ1v) is 4.33. The number of phenols is 1. The quantitative estimate of drug-likeness (QED) is 0.683. The molecule has 2 atom stereocenters. The maximum absolute atomic E-state index is 9.56. The van der Waals surface area contributed by atoms with E-state index in [0.29, 0.717) is 12.4 Å². The van der Waals surface area contributed by atoms with Crippen LogP contribution in [0.5, 0.6) is 11.5 Å². The summed E-state index contributed by atoms with van der Waals surface area (Å²) >= 11 is 0. The molecule has 0 aliphatic carbocycles. The number of aliphatic hydroxyl groups is 1. The molecule has 0 radical (unpaired) electrons. The third-order valence-corrected chi connectivity index (χ3v) is 2.41. The summed E-state index contributed by atoms with van der Waals surface area (Å²) in [4.78, 5) is 0. The fourth-order valence-electron chi connectivity index (χ4n) is 1.67. The van der Waals surface area contributed by atoms with E-state index >= 15 is 0 Å². The first kappa shape index (κ1) is 8.38. The zero-order chi connectivity index (χ0) is 9.42. The summed E-state index contributed by atoms with van der Waals surface area (Å²) in [6.45, 7) is 2.15. The van der Waals surface area contributed by atoms with Crippen LogP contribution in [0.2, 0.25) is 0 Å². The monoisotopic (exact) mass is 180 g/mol. The lowest BCUT2D eigenvalue weighted by atomic mass is 9.96. The molecule has 0 spiro atoms. The maximum Gasteiger partial charge on any atom is 0.126 e. The molecule has 3 heteroatoms. The number of aromatic hydroxyl groups is 1. The molecule has 1 aromatic rings. The molecule has 2 unspecified atom stereocenters. The topological polar surface area (TPSA) is 49.7 Å². The van der Waals surface area contributed by atoms with Gasteiger partial charge in [0.15, 0.2) is 0 Å². The fourth-order valence-corrected chi connectivity index (χ4v) is 1.67. The van der Waals surface area contributed by atoms with Gasteiger partial charge in [0, 0.05) is 5.56 Å². The molecule has 70 valence electrons. The van der Waals surface area contributed by atoms with Crippen molar-refractivity contribution in [1.82, 2.24) is 0 Å². The van der Waals surface area contributed by atoms with Crippen LogP contribution in [-0.4, -0.2) is 22.9 Å². The number of ether oxygens (including phenoxy) is 1. The zero-order valence-corrected chi connectivity index (χ0v) is 7.40. The van der Waals surface area contributed by atoms with Crippen LogP contribution in [0.15, 0.2) is 18.2 Å². The summed E-state index contributed by atoms with van der Waals surface area (Å²) in [5.74, 6) is 0.794. The van der Waals surface area contributed by atoms with Crippen molar-refractivity contribution in [2.75, 3.05) is 6.61 Å². The van der Waals surface area contributed by atoms with Crippen molar-refractivity contribution in [2.24, 2.45) is 0 Å². The third-order valence-electron chi connectivity index (χ3n) is 2.41. The molecule has 0 fully saturated rings. The summed E-state index contributed by atoms with van der Waals surface area (Å²) in [6.07, 6.45) is -0.491. The third kappa shape index (κ3) is 1.25. The highest BCUT2D eigenvalue weighted by Gasteiger charge is 2.30. The van der Waals surface area contributed by atoms with E-state index in [1.54, 1.807) is 25.1 Å². The van der Waals surface area contributed by atoms with Gasteiger partial charge in [0.05, 0.1) is 18.6 Å². The Hall–Kier alpha value is -1.22. The van der Waals surface area contributed by atoms with Gasteiger partial charge in [0.25, 0.3) is 0 Å². The molecule has 0 saturated heterocycles. The molecular formula is C10H12O3. The minimum Gasteiger partial charge on any atom is -0.508 e. The highest BCUT2D eigenvalue weighted by Crippen LogP contribution is 2.41. The number of fused-ring (bicyclic) bond motifs is 1. The van der Waals surface area contributed by atoms with Gasteiger partial charge in [-0.05, 0) is 19.1 Å². The molecular weight excluding hydrogens is 168 g/mol. The van der Waals surface area contributed by atoms with Crippen LogP contribution < -0.4 is 4.74 Å². The second-order valence-electron chi connectivity index (χ2n) is 3.35. The Morgan fingerprint density at radius 2 is 2.31 bits per heavy atom. The summed E-state index contributed by atoms with van der Waals surface area (Å²) in [5.41, 5.74) is 0.734. The van der Waals surface area contributed by atoms with Crippen molar-refractivity contribution in [2.45, 2.75) is 18.9 Å². The summed E-state index contributed by atoms with van der Waals surface area (Å²) in [5, 5.41) is 19.0. The second-order valence-corrected chi connectivity index (χ2v) is 3.35. The molecule has 2 rings (SSSR count).